The number of carbonyl (C=O) groups is 1. The van der Waals surface area contributed by atoms with Gasteiger partial charge in [0.25, 0.3) is 5.91 Å². The minimum atomic E-state index is -0.0110. The smallest absolute Gasteiger partial charge is 0.251 e. The number of carbonyl (C=O) groups excluding carboxylic acids is 1. The number of rotatable bonds is 7. The number of amides is 1. The van der Waals surface area contributed by atoms with Gasteiger partial charge in [-0.25, -0.2) is 4.98 Å². The third kappa shape index (κ3) is 4.83. The summed E-state index contributed by atoms with van der Waals surface area (Å²) in [7, 11) is 0. The van der Waals surface area contributed by atoms with Crippen molar-refractivity contribution < 1.29 is 4.79 Å². The van der Waals surface area contributed by atoms with Crippen LogP contribution in [0.3, 0.4) is 0 Å². The zero-order chi connectivity index (χ0) is 17.7. The average Bonchev–Trinajstić information content (AvgIpc) is 2.60. The molecule has 1 aromatic heterocycles. The average molecular weight is 356 g/mol. The topological polar surface area (TPSA) is 45.2 Å². The molecule has 3 rings (SSSR count). The van der Waals surface area contributed by atoms with Crippen molar-refractivity contribution in [3.8, 4) is 0 Å². The van der Waals surface area contributed by atoms with Crippen LogP contribution in [0.2, 0.25) is 0 Å². The van der Waals surface area contributed by atoms with Crippen molar-refractivity contribution in [3.05, 3.63) is 59.8 Å². The fraction of sp³-hybridized carbons (Fsp3) is 0.400. The van der Waals surface area contributed by atoms with Crippen molar-refractivity contribution in [1.82, 2.24) is 15.2 Å². The number of thioether (sulfide) groups is 1. The highest BCUT2D eigenvalue weighted by Gasteiger charge is 2.38. The van der Waals surface area contributed by atoms with Crippen molar-refractivity contribution in [2.75, 3.05) is 25.4 Å². The second-order valence-electron chi connectivity index (χ2n) is 6.94. The van der Waals surface area contributed by atoms with Crippen molar-refractivity contribution in [2.45, 2.75) is 25.4 Å². The Labute approximate surface area is 154 Å². The lowest BCUT2D eigenvalue weighted by molar-refractivity contribution is 0.00995. The van der Waals surface area contributed by atoms with Crippen molar-refractivity contribution >= 4 is 17.7 Å². The molecule has 0 radical (unpaired) electrons. The number of nitrogens with zero attached hydrogens (tertiary/aromatic N) is 2. The maximum Gasteiger partial charge on any atom is 0.251 e. The number of pyridine rings is 1. The number of benzene rings is 1. The van der Waals surface area contributed by atoms with E-state index in [4.69, 9.17) is 0 Å². The third-order valence-corrected chi connectivity index (χ3v) is 5.23. The predicted molar refractivity (Wildman–Crippen MR) is 103 cm³/mol. The van der Waals surface area contributed by atoms with E-state index in [1.54, 1.807) is 24.0 Å². The highest BCUT2D eigenvalue weighted by atomic mass is 32.2. The van der Waals surface area contributed by atoms with E-state index in [2.05, 4.69) is 53.3 Å². The lowest BCUT2D eigenvalue weighted by Crippen LogP contribution is -2.58. The third-order valence-electron chi connectivity index (χ3n) is 4.42. The molecule has 1 amide bonds. The van der Waals surface area contributed by atoms with E-state index in [9.17, 15) is 4.79 Å². The summed E-state index contributed by atoms with van der Waals surface area (Å²) >= 11 is 1.65. The van der Waals surface area contributed by atoms with Gasteiger partial charge in [-0.05, 0) is 23.4 Å². The number of hydrogen-bond donors (Lipinski definition) is 1. The first-order valence-corrected chi connectivity index (χ1v) is 9.70. The molecule has 5 heteroatoms. The van der Waals surface area contributed by atoms with Gasteiger partial charge in [0.2, 0.25) is 0 Å². The molecule has 2 heterocycles. The van der Waals surface area contributed by atoms with Gasteiger partial charge in [-0.2, -0.15) is 0 Å². The molecule has 0 spiro atoms. The summed E-state index contributed by atoms with van der Waals surface area (Å²) in [5.74, 6) is 0.941. The van der Waals surface area contributed by atoms with Gasteiger partial charge < -0.3 is 5.32 Å². The molecule has 1 aliphatic rings. The second-order valence-corrected chi connectivity index (χ2v) is 8.22. The number of aromatic nitrogens is 1. The molecule has 0 atom stereocenters. The van der Waals surface area contributed by atoms with Crippen LogP contribution in [-0.2, 0) is 6.54 Å². The monoisotopic (exact) mass is 355 g/mol. The van der Waals surface area contributed by atoms with Gasteiger partial charge >= 0.3 is 0 Å². The SMILES string of the molecule is CCSc1cc(C(=O)NCC2(C)CN(Cc3ccccc3)C2)ccn1. The van der Waals surface area contributed by atoms with Gasteiger partial charge in [-0.3, -0.25) is 9.69 Å². The van der Waals surface area contributed by atoms with Crippen molar-refractivity contribution in [3.63, 3.8) is 0 Å². The Kier molecular flexibility index (Phi) is 5.76. The predicted octanol–water partition coefficient (Wildman–Crippen LogP) is 3.45. The van der Waals surface area contributed by atoms with Crippen LogP contribution in [0.4, 0.5) is 0 Å². The highest BCUT2D eigenvalue weighted by molar-refractivity contribution is 7.99. The fourth-order valence-corrected chi connectivity index (χ4v) is 3.91. The summed E-state index contributed by atoms with van der Waals surface area (Å²) in [4.78, 5) is 19.1. The Hall–Kier alpha value is -1.85. The number of likely N-dealkylation sites (tertiary alicyclic amines) is 1. The van der Waals surface area contributed by atoms with E-state index in [0.717, 1.165) is 30.4 Å². The van der Waals surface area contributed by atoms with Gasteiger partial charge in [0.05, 0.1) is 5.03 Å². The fourth-order valence-electron chi connectivity index (χ4n) is 3.27. The van der Waals surface area contributed by atoms with Gasteiger partial charge in [0.1, 0.15) is 0 Å². The molecule has 132 valence electrons. The summed E-state index contributed by atoms with van der Waals surface area (Å²) < 4.78 is 0. The molecule has 1 fully saturated rings. The summed E-state index contributed by atoms with van der Waals surface area (Å²) in [6.07, 6.45) is 1.71. The molecule has 0 aliphatic carbocycles. The molecule has 0 bridgehead atoms. The molecule has 1 aliphatic heterocycles. The molecular weight excluding hydrogens is 330 g/mol. The van der Waals surface area contributed by atoms with E-state index in [1.807, 2.05) is 12.1 Å². The largest absolute Gasteiger partial charge is 0.351 e. The Morgan fingerprint density at radius 2 is 2.04 bits per heavy atom. The molecule has 1 saturated heterocycles. The van der Waals surface area contributed by atoms with E-state index in [0.29, 0.717) is 12.1 Å². The van der Waals surface area contributed by atoms with Crippen LogP contribution in [0.5, 0.6) is 0 Å². The molecule has 0 unspecified atom stereocenters. The van der Waals surface area contributed by atoms with Crippen LogP contribution in [0.15, 0.2) is 53.7 Å². The molecule has 1 N–H and O–H groups in total. The first kappa shape index (κ1) is 18.0. The van der Waals surface area contributed by atoms with Crippen LogP contribution < -0.4 is 5.32 Å². The first-order valence-electron chi connectivity index (χ1n) is 8.71. The minimum Gasteiger partial charge on any atom is -0.351 e. The summed E-state index contributed by atoms with van der Waals surface area (Å²) in [6.45, 7) is 8.02. The minimum absolute atomic E-state index is 0.0110. The van der Waals surface area contributed by atoms with E-state index >= 15 is 0 Å². The van der Waals surface area contributed by atoms with Crippen LogP contribution in [0.1, 0.15) is 29.8 Å². The Morgan fingerprint density at radius 3 is 2.76 bits per heavy atom. The lowest BCUT2D eigenvalue weighted by Gasteiger charge is -2.48. The maximum atomic E-state index is 12.4. The van der Waals surface area contributed by atoms with Crippen LogP contribution in [0, 0.1) is 5.41 Å². The Bertz CT molecular complexity index is 714. The maximum absolute atomic E-state index is 12.4. The Morgan fingerprint density at radius 1 is 1.28 bits per heavy atom. The molecule has 0 saturated carbocycles. The normalized spacial score (nSPS) is 16.2. The highest BCUT2D eigenvalue weighted by Crippen LogP contribution is 2.30. The zero-order valence-electron chi connectivity index (χ0n) is 14.9. The van der Waals surface area contributed by atoms with Crippen LogP contribution >= 0.6 is 11.8 Å². The Balaban J connectivity index is 1.47. The zero-order valence-corrected chi connectivity index (χ0v) is 15.7. The van der Waals surface area contributed by atoms with E-state index in [1.165, 1.54) is 5.56 Å². The first-order chi connectivity index (χ1) is 12.1. The summed E-state index contributed by atoms with van der Waals surface area (Å²) in [5.41, 5.74) is 2.18. The van der Waals surface area contributed by atoms with Crippen molar-refractivity contribution in [1.29, 1.82) is 0 Å². The van der Waals surface area contributed by atoms with Gasteiger partial charge in [-0.15, -0.1) is 11.8 Å². The van der Waals surface area contributed by atoms with E-state index in [-0.39, 0.29) is 11.3 Å². The number of nitrogens with one attached hydrogen (secondary N) is 1. The summed E-state index contributed by atoms with van der Waals surface area (Å²) in [5, 5.41) is 3.99. The standard InChI is InChI=1S/C20H25N3OS/c1-3-25-18-11-17(9-10-21-18)19(24)22-13-20(2)14-23(15-20)12-16-7-5-4-6-8-16/h4-11H,3,12-15H2,1-2H3,(H,22,24). The molecule has 1 aromatic carbocycles. The molecule has 4 nitrogen and oxygen atoms in total. The lowest BCUT2D eigenvalue weighted by atomic mass is 9.81. The van der Waals surface area contributed by atoms with Crippen LogP contribution in [0.25, 0.3) is 0 Å². The molecular formula is C20H25N3OS. The van der Waals surface area contributed by atoms with Gasteiger partial charge in [0, 0.05) is 43.4 Å². The second kappa shape index (κ2) is 8.02. The summed E-state index contributed by atoms with van der Waals surface area (Å²) in [6, 6.07) is 14.2. The van der Waals surface area contributed by atoms with Crippen molar-refractivity contribution in [2.24, 2.45) is 5.41 Å². The van der Waals surface area contributed by atoms with E-state index < -0.39 is 0 Å². The van der Waals surface area contributed by atoms with Crippen LogP contribution in [-0.4, -0.2) is 41.2 Å². The molecule has 2 aromatic rings. The molecule has 25 heavy (non-hydrogen) atoms. The van der Waals surface area contributed by atoms with Gasteiger partial charge in [0.15, 0.2) is 0 Å². The van der Waals surface area contributed by atoms with Gasteiger partial charge in [-0.1, -0.05) is 44.2 Å². The quantitative estimate of drug-likeness (QED) is 0.773. The number of hydrogen-bond acceptors (Lipinski definition) is 4.